The molecule has 1 heterocycles. The summed E-state index contributed by atoms with van der Waals surface area (Å²) in [6.45, 7) is 1.67. The number of hydrogen-bond donors (Lipinski definition) is 0. The fourth-order valence-corrected chi connectivity index (χ4v) is 1.37. The van der Waals surface area contributed by atoms with Crippen LogP contribution in [0.1, 0.15) is 11.4 Å². The van der Waals surface area contributed by atoms with Gasteiger partial charge in [-0.3, -0.25) is 0 Å². The van der Waals surface area contributed by atoms with E-state index in [9.17, 15) is 13.2 Å². The highest BCUT2D eigenvalue weighted by Crippen LogP contribution is 2.30. The van der Waals surface area contributed by atoms with Gasteiger partial charge in [0.1, 0.15) is 12.2 Å². The lowest BCUT2D eigenvalue weighted by atomic mass is 10.2. The molecule has 0 spiro atoms. The number of alkyl halides is 3. The maximum absolute atomic E-state index is 12.5. The normalized spacial score (nSPS) is 11.8. The molecular formula is C10H8F3N3. The molecule has 6 heteroatoms. The fourth-order valence-electron chi connectivity index (χ4n) is 1.37. The molecule has 0 fully saturated rings. The first-order valence-corrected chi connectivity index (χ1v) is 4.53. The van der Waals surface area contributed by atoms with E-state index in [0.29, 0.717) is 11.5 Å². The Morgan fingerprint density at radius 1 is 1.25 bits per heavy atom. The molecule has 1 aromatic carbocycles. The van der Waals surface area contributed by atoms with Gasteiger partial charge >= 0.3 is 6.18 Å². The second-order valence-corrected chi connectivity index (χ2v) is 3.27. The summed E-state index contributed by atoms with van der Waals surface area (Å²) in [5.74, 6) is 0.541. The summed E-state index contributed by atoms with van der Waals surface area (Å²) in [6, 6.07) is 4.97. The molecule has 1 aromatic heterocycles. The average molecular weight is 227 g/mol. The molecule has 0 saturated carbocycles. The van der Waals surface area contributed by atoms with Crippen LogP contribution in [0.3, 0.4) is 0 Å². The van der Waals surface area contributed by atoms with Crippen LogP contribution in [0.4, 0.5) is 13.2 Å². The van der Waals surface area contributed by atoms with E-state index in [1.165, 1.54) is 17.1 Å². The summed E-state index contributed by atoms with van der Waals surface area (Å²) < 4.78 is 38.8. The second-order valence-electron chi connectivity index (χ2n) is 3.27. The molecule has 2 aromatic rings. The summed E-state index contributed by atoms with van der Waals surface area (Å²) in [6.07, 6.45) is -3.04. The Morgan fingerprint density at radius 2 is 2.00 bits per heavy atom. The Hall–Kier alpha value is -1.85. The number of benzene rings is 1. The summed E-state index contributed by atoms with van der Waals surface area (Å²) in [4.78, 5) is 3.86. The van der Waals surface area contributed by atoms with Crippen molar-refractivity contribution in [2.24, 2.45) is 0 Å². The van der Waals surface area contributed by atoms with Gasteiger partial charge in [0.15, 0.2) is 0 Å². The van der Waals surface area contributed by atoms with Crippen LogP contribution in [0.25, 0.3) is 5.69 Å². The molecule has 0 unspecified atom stereocenters. The van der Waals surface area contributed by atoms with Gasteiger partial charge in [0.2, 0.25) is 0 Å². The van der Waals surface area contributed by atoms with Crippen molar-refractivity contribution in [3.8, 4) is 5.69 Å². The first kappa shape index (κ1) is 10.7. The van der Waals surface area contributed by atoms with E-state index in [1.807, 2.05) is 0 Å². The average Bonchev–Trinajstić information content (AvgIpc) is 2.63. The lowest BCUT2D eigenvalue weighted by Crippen LogP contribution is -2.07. The molecule has 84 valence electrons. The number of aryl methyl sites for hydroxylation is 1. The minimum Gasteiger partial charge on any atom is -0.220 e. The van der Waals surface area contributed by atoms with Crippen LogP contribution in [0.15, 0.2) is 30.6 Å². The topological polar surface area (TPSA) is 30.7 Å². The van der Waals surface area contributed by atoms with Gasteiger partial charge in [-0.05, 0) is 25.1 Å². The van der Waals surface area contributed by atoms with Crippen molar-refractivity contribution in [2.75, 3.05) is 0 Å². The Bertz CT molecular complexity index is 502. The molecule has 0 bridgehead atoms. The minimum absolute atomic E-state index is 0.352. The maximum Gasteiger partial charge on any atom is 0.416 e. The lowest BCUT2D eigenvalue weighted by molar-refractivity contribution is -0.137. The highest BCUT2D eigenvalue weighted by molar-refractivity contribution is 5.36. The first-order chi connectivity index (χ1) is 7.48. The quantitative estimate of drug-likeness (QED) is 0.749. The molecule has 0 aliphatic rings. The summed E-state index contributed by atoms with van der Waals surface area (Å²) >= 11 is 0. The predicted molar refractivity (Wildman–Crippen MR) is 51.1 cm³/mol. The molecule has 0 amide bonds. The summed E-state index contributed by atoms with van der Waals surface area (Å²) in [7, 11) is 0. The van der Waals surface area contributed by atoms with E-state index in [1.54, 1.807) is 13.0 Å². The largest absolute Gasteiger partial charge is 0.416 e. The first-order valence-electron chi connectivity index (χ1n) is 4.53. The van der Waals surface area contributed by atoms with Gasteiger partial charge in [-0.2, -0.15) is 18.3 Å². The minimum atomic E-state index is -4.34. The molecule has 0 radical (unpaired) electrons. The van der Waals surface area contributed by atoms with Gasteiger partial charge in [0, 0.05) is 0 Å². The zero-order valence-corrected chi connectivity index (χ0v) is 8.36. The Morgan fingerprint density at radius 3 is 2.56 bits per heavy atom. The number of halogens is 3. The molecule has 0 aliphatic heterocycles. The van der Waals surface area contributed by atoms with E-state index in [4.69, 9.17) is 0 Å². The Kier molecular flexibility index (Phi) is 2.41. The van der Waals surface area contributed by atoms with Crippen LogP contribution in [-0.2, 0) is 6.18 Å². The van der Waals surface area contributed by atoms with Crippen molar-refractivity contribution in [2.45, 2.75) is 13.1 Å². The summed E-state index contributed by atoms with van der Waals surface area (Å²) in [5, 5.41) is 3.85. The Labute approximate surface area is 89.5 Å². The lowest BCUT2D eigenvalue weighted by Gasteiger charge is -2.09. The SMILES string of the molecule is Cc1ncnn1-c1cccc(C(F)(F)F)c1. The van der Waals surface area contributed by atoms with Gasteiger partial charge in [-0.1, -0.05) is 6.07 Å². The van der Waals surface area contributed by atoms with Gasteiger partial charge in [0.25, 0.3) is 0 Å². The van der Waals surface area contributed by atoms with E-state index < -0.39 is 11.7 Å². The highest BCUT2D eigenvalue weighted by atomic mass is 19.4. The van der Waals surface area contributed by atoms with Gasteiger partial charge < -0.3 is 0 Å². The van der Waals surface area contributed by atoms with E-state index in [2.05, 4.69) is 10.1 Å². The van der Waals surface area contributed by atoms with Gasteiger partial charge in [-0.25, -0.2) is 9.67 Å². The molecule has 0 aliphatic carbocycles. The van der Waals surface area contributed by atoms with Crippen LogP contribution in [0.2, 0.25) is 0 Å². The van der Waals surface area contributed by atoms with Crippen molar-refractivity contribution in [3.63, 3.8) is 0 Å². The van der Waals surface area contributed by atoms with Crippen molar-refractivity contribution < 1.29 is 13.2 Å². The third-order valence-electron chi connectivity index (χ3n) is 2.14. The third-order valence-corrected chi connectivity index (χ3v) is 2.14. The van der Waals surface area contributed by atoms with Crippen LogP contribution >= 0.6 is 0 Å². The molecule has 0 N–H and O–H groups in total. The number of aromatic nitrogens is 3. The van der Waals surface area contributed by atoms with E-state index in [-0.39, 0.29) is 0 Å². The molecule has 2 rings (SSSR count). The second kappa shape index (κ2) is 3.62. The van der Waals surface area contributed by atoms with Crippen LogP contribution in [0, 0.1) is 6.92 Å². The zero-order chi connectivity index (χ0) is 11.8. The van der Waals surface area contributed by atoms with E-state index >= 15 is 0 Å². The molecule has 0 atom stereocenters. The highest BCUT2D eigenvalue weighted by Gasteiger charge is 2.30. The zero-order valence-electron chi connectivity index (χ0n) is 8.36. The standard InChI is InChI=1S/C10H8F3N3/c1-7-14-6-15-16(7)9-4-2-3-8(5-9)10(11,12)13/h2-6H,1H3. The van der Waals surface area contributed by atoms with Crippen molar-refractivity contribution >= 4 is 0 Å². The van der Waals surface area contributed by atoms with Crippen molar-refractivity contribution in [1.82, 2.24) is 14.8 Å². The molecule has 3 nitrogen and oxygen atoms in total. The smallest absolute Gasteiger partial charge is 0.220 e. The van der Waals surface area contributed by atoms with Crippen LogP contribution in [-0.4, -0.2) is 14.8 Å². The number of rotatable bonds is 1. The van der Waals surface area contributed by atoms with Crippen LogP contribution < -0.4 is 0 Å². The molecular weight excluding hydrogens is 219 g/mol. The van der Waals surface area contributed by atoms with Gasteiger partial charge in [-0.15, -0.1) is 0 Å². The molecule has 0 saturated heterocycles. The van der Waals surface area contributed by atoms with E-state index in [0.717, 1.165) is 12.1 Å². The fraction of sp³-hybridized carbons (Fsp3) is 0.200. The monoisotopic (exact) mass is 227 g/mol. The van der Waals surface area contributed by atoms with Crippen LogP contribution in [0.5, 0.6) is 0 Å². The predicted octanol–water partition coefficient (Wildman–Crippen LogP) is 2.59. The van der Waals surface area contributed by atoms with Crippen molar-refractivity contribution in [3.05, 3.63) is 42.0 Å². The third kappa shape index (κ3) is 1.91. The van der Waals surface area contributed by atoms with Crippen molar-refractivity contribution in [1.29, 1.82) is 0 Å². The van der Waals surface area contributed by atoms with Gasteiger partial charge in [0.05, 0.1) is 11.3 Å². The molecule has 16 heavy (non-hydrogen) atoms. The maximum atomic E-state index is 12.5. The summed E-state index contributed by atoms with van der Waals surface area (Å²) in [5.41, 5.74) is -0.343. The Balaban J connectivity index is 2.49. The number of hydrogen-bond acceptors (Lipinski definition) is 2. The number of nitrogens with zero attached hydrogens (tertiary/aromatic N) is 3.